The second-order valence-corrected chi connectivity index (χ2v) is 8.04. The van der Waals surface area contributed by atoms with E-state index in [-0.39, 0.29) is 0 Å². The van der Waals surface area contributed by atoms with E-state index in [1.54, 1.807) is 5.82 Å². The third-order valence-electron chi connectivity index (χ3n) is 5.69. The van der Waals surface area contributed by atoms with Crippen LogP contribution in [0, 0.1) is 0 Å². The summed E-state index contributed by atoms with van der Waals surface area (Å²) in [5, 5.41) is 0. The maximum Gasteiger partial charge on any atom is 0.256 e. The minimum atomic E-state index is 1.11. The molecule has 0 unspecified atom stereocenters. The van der Waals surface area contributed by atoms with Gasteiger partial charge in [-0.1, -0.05) is 90.9 Å². The van der Waals surface area contributed by atoms with Crippen LogP contribution in [-0.4, -0.2) is 4.57 Å². The van der Waals surface area contributed by atoms with E-state index < -0.39 is 0 Å². The van der Waals surface area contributed by atoms with E-state index in [2.05, 4.69) is 42.3 Å². The van der Waals surface area contributed by atoms with Gasteiger partial charge in [0.15, 0.2) is 0 Å². The minimum absolute atomic E-state index is 1.11. The van der Waals surface area contributed by atoms with Crippen molar-refractivity contribution in [3.63, 3.8) is 0 Å². The Morgan fingerprint density at radius 2 is 1.15 bits per heavy atom. The van der Waals surface area contributed by atoms with Crippen LogP contribution in [0.1, 0.15) is 123 Å². The summed E-state index contributed by atoms with van der Waals surface area (Å²) in [5.41, 5.74) is 0. The van der Waals surface area contributed by atoms with Crippen molar-refractivity contribution in [1.29, 1.82) is 0 Å². The van der Waals surface area contributed by atoms with Crippen LogP contribution in [0.25, 0.3) is 0 Å². The quantitative estimate of drug-likeness (QED) is 0.192. The number of aromatic nitrogens is 2. The number of hydrogen-bond donors (Lipinski definition) is 0. The van der Waals surface area contributed by atoms with Gasteiger partial charge in [-0.15, -0.1) is 0 Å². The standard InChI is InChI=1S/C24H47N2/c1-4-7-9-11-12-13-14-15-17-19-21-26-23-22-25(6-3)24(26)20-18-16-10-8-5-2/h22-23H,4-21H2,1-3H3/q+1. The first kappa shape index (κ1) is 23.2. The molecule has 26 heavy (non-hydrogen) atoms. The molecule has 0 fully saturated rings. The van der Waals surface area contributed by atoms with Crippen LogP contribution in [0.3, 0.4) is 0 Å². The molecule has 152 valence electrons. The summed E-state index contributed by atoms with van der Waals surface area (Å²) in [6.07, 6.45) is 26.9. The Bertz CT molecular complexity index is 422. The highest BCUT2D eigenvalue weighted by Crippen LogP contribution is 2.12. The van der Waals surface area contributed by atoms with Crippen LogP contribution in [0.15, 0.2) is 12.4 Å². The molecule has 0 aliphatic rings. The summed E-state index contributed by atoms with van der Waals surface area (Å²) in [5.74, 6) is 1.56. The van der Waals surface area contributed by atoms with Gasteiger partial charge in [0.05, 0.1) is 13.1 Å². The highest BCUT2D eigenvalue weighted by Gasteiger charge is 2.15. The van der Waals surface area contributed by atoms with Crippen LogP contribution in [0.4, 0.5) is 0 Å². The molecule has 0 aliphatic heterocycles. The summed E-state index contributed by atoms with van der Waals surface area (Å²) in [6, 6.07) is 0. The molecule has 1 aromatic rings. The maximum atomic E-state index is 2.54. The SMILES string of the molecule is CCCCCCCCCCCCn1cc[n+](CC)c1CCCCCCC. The Kier molecular flexibility index (Phi) is 14.7. The van der Waals surface area contributed by atoms with Crippen LogP contribution in [-0.2, 0) is 19.5 Å². The van der Waals surface area contributed by atoms with Gasteiger partial charge < -0.3 is 0 Å². The van der Waals surface area contributed by atoms with Gasteiger partial charge in [-0.3, -0.25) is 0 Å². The van der Waals surface area contributed by atoms with Crippen molar-refractivity contribution < 1.29 is 4.57 Å². The van der Waals surface area contributed by atoms with E-state index in [4.69, 9.17) is 0 Å². The summed E-state index contributed by atoms with van der Waals surface area (Å²) >= 11 is 0. The zero-order valence-corrected chi connectivity index (χ0v) is 18.3. The molecular formula is C24H47N2+. The number of imidazole rings is 1. The van der Waals surface area contributed by atoms with Crippen molar-refractivity contribution in [2.75, 3.05) is 0 Å². The number of aryl methyl sites for hydroxylation is 2. The van der Waals surface area contributed by atoms with Gasteiger partial charge in [0.25, 0.3) is 5.82 Å². The van der Waals surface area contributed by atoms with Crippen molar-refractivity contribution in [2.45, 2.75) is 137 Å². The summed E-state index contributed by atoms with van der Waals surface area (Å²) in [4.78, 5) is 0. The third kappa shape index (κ3) is 10.4. The lowest BCUT2D eigenvalue weighted by Crippen LogP contribution is -2.36. The largest absolute Gasteiger partial charge is 0.256 e. The molecule has 1 aromatic heterocycles. The monoisotopic (exact) mass is 363 g/mol. The molecule has 2 heteroatoms. The fourth-order valence-corrected chi connectivity index (χ4v) is 3.93. The zero-order chi connectivity index (χ0) is 18.9. The highest BCUT2D eigenvalue weighted by atomic mass is 15.1. The summed E-state index contributed by atoms with van der Waals surface area (Å²) in [6.45, 7) is 9.18. The molecule has 1 heterocycles. The van der Waals surface area contributed by atoms with Crippen LogP contribution in [0.5, 0.6) is 0 Å². The molecule has 0 atom stereocenters. The number of rotatable bonds is 18. The Balaban J connectivity index is 2.16. The average Bonchev–Trinajstić information content (AvgIpc) is 3.05. The van der Waals surface area contributed by atoms with E-state index in [1.165, 1.54) is 109 Å². The average molecular weight is 364 g/mol. The Morgan fingerprint density at radius 1 is 0.654 bits per heavy atom. The van der Waals surface area contributed by atoms with Gasteiger partial charge in [-0.05, 0) is 26.2 Å². The molecule has 0 saturated carbocycles. The van der Waals surface area contributed by atoms with Crippen LogP contribution < -0.4 is 4.57 Å². The lowest BCUT2D eigenvalue weighted by atomic mass is 10.1. The fraction of sp³-hybridized carbons (Fsp3) is 0.875. The molecule has 0 amide bonds. The Labute approximate surface area is 164 Å². The van der Waals surface area contributed by atoms with E-state index >= 15 is 0 Å². The minimum Gasteiger partial charge on any atom is -0.235 e. The second kappa shape index (κ2) is 16.4. The Morgan fingerprint density at radius 3 is 1.69 bits per heavy atom. The fourth-order valence-electron chi connectivity index (χ4n) is 3.93. The molecule has 1 rings (SSSR count). The van der Waals surface area contributed by atoms with E-state index in [9.17, 15) is 0 Å². The lowest BCUT2D eigenvalue weighted by Gasteiger charge is -2.05. The third-order valence-corrected chi connectivity index (χ3v) is 5.69. The second-order valence-electron chi connectivity index (χ2n) is 8.04. The highest BCUT2D eigenvalue weighted by molar-refractivity contribution is 4.84. The smallest absolute Gasteiger partial charge is 0.235 e. The molecule has 0 N–H and O–H groups in total. The number of nitrogens with zero attached hydrogens (tertiary/aromatic N) is 2. The first-order valence-electron chi connectivity index (χ1n) is 11.9. The molecule has 2 nitrogen and oxygen atoms in total. The van der Waals surface area contributed by atoms with Gasteiger partial charge in [-0.2, -0.15) is 0 Å². The van der Waals surface area contributed by atoms with E-state index in [0.29, 0.717) is 0 Å². The molecular weight excluding hydrogens is 316 g/mol. The zero-order valence-electron chi connectivity index (χ0n) is 18.3. The predicted octanol–water partition coefficient (Wildman–Crippen LogP) is 7.23. The van der Waals surface area contributed by atoms with Crippen molar-refractivity contribution in [1.82, 2.24) is 4.57 Å². The Hall–Kier alpha value is -0.790. The molecule has 0 aliphatic carbocycles. The van der Waals surface area contributed by atoms with Gasteiger partial charge in [-0.25, -0.2) is 9.13 Å². The van der Waals surface area contributed by atoms with Gasteiger partial charge >= 0.3 is 0 Å². The normalized spacial score (nSPS) is 11.3. The van der Waals surface area contributed by atoms with Gasteiger partial charge in [0.2, 0.25) is 0 Å². The maximum absolute atomic E-state index is 2.54. The molecule has 0 aromatic carbocycles. The summed E-state index contributed by atoms with van der Waals surface area (Å²) in [7, 11) is 0. The predicted molar refractivity (Wildman–Crippen MR) is 115 cm³/mol. The number of hydrogen-bond acceptors (Lipinski definition) is 0. The van der Waals surface area contributed by atoms with Crippen molar-refractivity contribution >= 4 is 0 Å². The molecule has 0 saturated heterocycles. The van der Waals surface area contributed by atoms with Crippen molar-refractivity contribution in [3.8, 4) is 0 Å². The van der Waals surface area contributed by atoms with E-state index in [1.807, 2.05) is 0 Å². The molecule has 0 bridgehead atoms. The summed E-state index contributed by atoms with van der Waals surface area (Å²) < 4.78 is 4.99. The van der Waals surface area contributed by atoms with Gasteiger partial charge in [0, 0.05) is 6.42 Å². The van der Waals surface area contributed by atoms with Crippen molar-refractivity contribution in [2.24, 2.45) is 0 Å². The van der Waals surface area contributed by atoms with Gasteiger partial charge in [0.1, 0.15) is 12.4 Å². The molecule has 0 radical (unpaired) electrons. The topological polar surface area (TPSA) is 8.81 Å². The van der Waals surface area contributed by atoms with Crippen LogP contribution >= 0.6 is 0 Å². The van der Waals surface area contributed by atoms with E-state index in [0.717, 1.165) is 6.54 Å². The number of unbranched alkanes of at least 4 members (excludes halogenated alkanes) is 13. The lowest BCUT2D eigenvalue weighted by molar-refractivity contribution is -0.700. The first-order valence-corrected chi connectivity index (χ1v) is 11.9. The van der Waals surface area contributed by atoms with Crippen molar-refractivity contribution in [3.05, 3.63) is 18.2 Å². The molecule has 0 spiro atoms. The first-order chi connectivity index (χ1) is 12.8. The van der Waals surface area contributed by atoms with Crippen LogP contribution in [0.2, 0.25) is 0 Å².